The fraction of sp³-hybridized carbons (Fsp3) is 0.231. The van der Waals surface area contributed by atoms with Gasteiger partial charge in [0.2, 0.25) is 10.0 Å². The van der Waals surface area contributed by atoms with Crippen LogP contribution in [0.5, 0.6) is 0 Å². The van der Waals surface area contributed by atoms with Crippen LogP contribution in [0.4, 0.5) is 0 Å². The number of nitrogens with zero attached hydrogens (tertiary/aromatic N) is 3. The topological polar surface area (TPSA) is 82.1 Å². The Labute approximate surface area is 200 Å². The minimum atomic E-state index is -3.51. The van der Waals surface area contributed by atoms with Gasteiger partial charge in [-0.15, -0.1) is 0 Å². The lowest BCUT2D eigenvalue weighted by Gasteiger charge is -2.33. The Morgan fingerprint density at radius 1 is 0.882 bits per heavy atom. The summed E-state index contributed by atoms with van der Waals surface area (Å²) in [5.74, 6) is -0.230. The van der Waals surface area contributed by atoms with Crippen molar-refractivity contribution in [3.05, 3.63) is 90.0 Å². The van der Waals surface area contributed by atoms with E-state index >= 15 is 0 Å². The molecule has 4 rings (SSSR count). The lowest BCUT2D eigenvalue weighted by molar-refractivity contribution is -0.122. The second kappa shape index (κ2) is 10.7. The number of hydrazone groups is 1. The Kier molecular flexibility index (Phi) is 7.52. The number of rotatable bonds is 7. The molecule has 176 valence electrons. The molecule has 0 bridgehead atoms. The maximum atomic E-state index is 12.8. The molecule has 1 heterocycles. The number of carbonyl (C=O) groups excluding carboxylic acids is 1. The molecular weight excluding hydrogens is 448 g/mol. The Morgan fingerprint density at radius 2 is 1.50 bits per heavy atom. The third-order valence-corrected chi connectivity index (χ3v) is 7.69. The molecule has 7 nitrogen and oxygen atoms in total. The lowest BCUT2D eigenvalue weighted by atomic mass is 10.0. The van der Waals surface area contributed by atoms with Crippen molar-refractivity contribution in [2.45, 2.75) is 11.8 Å². The number of aryl methyl sites for hydroxylation is 1. The van der Waals surface area contributed by atoms with E-state index in [1.54, 1.807) is 30.5 Å². The summed E-state index contributed by atoms with van der Waals surface area (Å²) in [5.41, 5.74) is 6.71. The van der Waals surface area contributed by atoms with Crippen molar-refractivity contribution in [1.29, 1.82) is 0 Å². The molecule has 1 saturated heterocycles. The number of amides is 1. The van der Waals surface area contributed by atoms with Crippen LogP contribution in [0.3, 0.4) is 0 Å². The van der Waals surface area contributed by atoms with E-state index in [1.165, 1.54) is 4.31 Å². The van der Waals surface area contributed by atoms with E-state index in [2.05, 4.69) is 22.7 Å². The quantitative estimate of drug-likeness (QED) is 0.420. The average molecular weight is 477 g/mol. The molecule has 0 spiro atoms. The zero-order chi connectivity index (χ0) is 24.0. The zero-order valence-electron chi connectivity index (χ0n) is 19.1. The Balaban J connectivity index is 1.23. The fourth-order valence-electron chi connectivity index (χ4n) is 3.80. The van der Waals surface area contributed by atoms with Gasteiger partial charge in [-0.3, -0.25) is 9.69 Å². The Morgan fingerprint density at radius 3 is 2.15 bits per heavy atom. The number of carbonyl (C=O) groups is 1. The van der Waals surface area contributed by atoms with Crippen LogP contribution in [0.25, 0.3) is 11.1 Å². The third-order valence-electron chi connectivity index (χ3n) is 5.78. The molecule has 34 heavy (non-hydrogen) atoms. The van der Waals surface area contributed by atoms with Crippen molar-refractivity contribution >= 4 is 22.1 Å². The lowest BCUT2D eigenvalue weighted by Crippen LogP contribution is -2.50. The number of sulfonamides is 1. The number of piperazine rings is 1. The first kappa shape index (κ1) is 23.8. The minimum Gasteiger partial charge on any atom is -0.292 e. The molecule has 3 aromatic rings. The predicted octanol–water partition coefficient (Wildman–Crippen LogP) is 3.12. The van der Waals surface area contributed by atoms with Gasteiger partial charge < -0.3 is 0 Å². The zero-order valence-corrected chi connectivity index (χ0v) is 19.9. The van der Waals surface area contributed by atoms with Crippen LogP contribution in [0.15, 0.2) is 88.9 Å². The second-order valence-electron chi connectivity index (χ2n) is 8.27. The molecule has 0 unspecified atom stereocenters. The molecule has 1 aliphatic heterocycles. The minimum absolute atomic E-state index is 0.169. The summed E-state index contributed by atoms with van der Waals surface area (Å²) in [5, 5.41) is 4.05. The highest BCUT2D eigenvalue weighted by Gasteiger charge is 2.28. The second-order valence-corrected chi connectivity index (χ2v) is 10.2. The average Bonchev–Trinajstić information content (AvgIpc) is 2.86. The third kappa shape index (κ3) is 5.96. The molecule has 1 aliphatic rings. The summed E-state index contributed by atoms with van der Waals surface area (Å²) in [6, 6.07) is 24.9. The van der Waals surface area contributed by atoms with Crippen LogP contribution in [0.2, 0.25) is 0 Å². The van der Waals surface area contributed by atoms with Crippen molar-refractivity contribution in [1.82, 2.24) is 14.6 Å². The van der Waals surface area contributed by atoms with E-state index < -0.39 is 10.0 Å². The van der Waals surface area contributed by atoms with Gasteiger partial charge in [0.1, 0.15) is 0 Å². The monoisotopic (exact) mass is 476 g/mol. The van der Waals surface area contributed by atoms with Gasteiger partial charge in [0, 0.05) is 26.2 Å². The molecule has 0 aliphatic carbocycles. The van der Waals surface area contributed by atoms with Crippen LogP contribution in [0, 0.1) is 6.92 Å². The van der Waals surface area contributed by atoms with E-state index in [9.17, 15) is 13.2 Å². The van der Waals surface area contributed by atoms with Gasteiger partial charge in [0.25, 0.3) is 5.91 Å². The molecule has 0 saturated carbocycles. The van der Waals surface area contributed by atoms with E-state index in [1.807, 2.05) is 54.3 Å². The van der Waals surface area contributed by atoms with Crippen LogP contribution in [0.1, 0.15) is 11.1 Å². The van der Waals surface area contributed by atoms with Crippen molar-refractivity contribution in [2.75, 3.05) is 32.7 Å². The van der Waals surface area contributed by atoms with E-state index in [0.717, 1.165) is 22.3 Å². The molecule has 8 heteroatoms. The molecule has 1 fully saturated rings. The van der Waals surface area contributed by atoms with Gasteiger partial charge in [-0.05, 0) is 35.7 Å². The highest BCUT2D eigenvalue weighted by Crippen LogP contribution is 2.19. The number of hydrogen-bond donors (Lipinski definition) is 1. The molecular formula is C26H28N4O3S. The van der Waals surface area contributed by atoms with E-state index in [4.69, 9.17) is 0 Å². The normalized spacial score (nSPS) is 15.4. The summed E-state index contributed by atoms with van der Waals surface area (Å²) >= 11 is 0. The number of hydrogen-bond acceptors (Lipinski definition) is 5. The molecule has 0 atom stereocenters. The molecule has 3 aromatic carbocycles. The maximum absolute atomic E-state index is 12.8. The molecule has 0 aromatic heterocycles. The first-order chi connectivity index (χ1) is 16.4. The molecule has 0 radical (unpaired) electrons. The molecule has 1 N–H and O–H groups in total. The summed E-state index contributed by atoms with van der Waals surface area (Å²) in [6.45, 7) is 3.77. The first-order valence-electron chi connectivity index (χ1n) is 11.2. The first-order valence-corrected chi connectivity index (χ1v) is 12.6. The van der Waals surface area contributed by atoms with Crippen molar-refractivity contribution in [3.63, 3.8) is 0 Å². The van der Waals surface area contributed by atoms with Gasteiger partial charge in [-0.2, -0.15) is 9.41 Å². The fourth-order valence-corrected chi connectivity index (χ4v) is 5.22. The predicted molar refractivity (Wildman–Crippen MR) is 134 cm³/mol. The van der Waals surface area contributed by atoms with E-state index in [-0.39, 0.29) is 12.5 Å². The van der Waals surface area contributed by atoms with Gasteiger partial charge in [-0.25, -0.2) is 13.8 Å². The van der Waals surface area contributed by atoms with Gasteiger partial charge in [0.05, 0.1) is 17.7 Å². The van der Waals surface area contributed by atoms with Gasteiger partial charge in [0.15, 0.2) is 0 Å². The van der Waals surface area contributed by atoms with E-state index in [0.29, 0.717) is 31.1 Å². The van der Waals surface area contributed by atoms with Crippen molar-refractivity contribution in [3.8, 4) is 11.1 Å². The summed E-state index contributed by atoms with van der Waals surface area (Å²) in [6.07, 6.45) is 1.61. The van der Waals surface area contributed by atoms with Crippen LogP contribution < -0.4 is 5.43 Å². The standard InChI is InChI=1S/C26H28N4O3S/c1-21-7-13-25(14-8-21)34(32,33)30-17-15-29(16-18-30)20-26(31)28-27-19-22-9-11-24(12-10-22)23-5-3-2-4-6-23/h2-14,19H,15-18,20H2,1H3,(H,28,31)/b27-19-. The van der Waals surface area contributed by atoms with Crippen molar-refractivity contribution < 1.29 is 13.2 Å². The highest BCUT2D eigenvalue weighted by molar-refractivity contribution is 7.89. The van der Waals surface area contributed by atoms with Gasteiger partial charge >= 0.3 is 0 Å². The van der Waals surface area contributed by atoms with Crippen LogP contribution >= 0.6 is 0 Å². The maximum Gasteiger partial charge on any atom is 0.254 e. The Hall–Kier alpha value is -3.33. The highest BCUT2D eigenvalue weighted by atomic mass is 32.2. The number of nitrogens with one attached hydrogen (secondary N) is 1. The van der Waals surface area contributed by atoms with Gasteiger partial charge in [-0.1, -0.05) is 72.3 Å². The largest absolute Gasteiger partial charge is 0.292 e. The smallest absolute Gasteiger partial charge is 0.254 e. The Bertz CT molecular complexity index is 1230. The molecule has 1 amide bonds. The van der Waals surface area contributed by atoms with Crippen LogP contribution in [-0.4, -0.2) is 62.5 Å². The SMILES string of the molecule is Cc1ccc(S(=O)(=O)N2CCN(CC(=O)N/N=C\c3ccc(-c4ccccc4)cc3)CC2)cc1. The van der Waals surface area contributed by atoms with Crippen LogP contribution in [-0.2, 0) is 14.8 Å². The summed E-state index contributed by atoms with van der Waals surface area (Å²) in [4.78, 5) is 14.5. The number of benzene rings is 3. The summed E-state index contributed by atoms with van der Waals surface area (Å²) in [7, 11) is -3.51. The summed E-state index contributed by atoms with van der Waals surface area (Å²) < 4.78 is 27.1. The van der Waals surface area contributed by atoms with Crippen molar-refractivity contribution in [2.24, 2.45) is 5.10 Å².